The highest BCUT2D eigenvalue weighted by molar-refractivity contribution is 5.39. The molecule has 1 unspecified atom stereocenters. The standard InChI is InChI=1S/C18H24N4/c1-21(2)16-9-6-12-22(14-16)18-10-11-19-17(20-18)13-15-7-4-3-5-8-15/h3-5,7-8,10-11,16H,6,9,12-14H2,1-2H3. The molecule has 0 saturated carbocycles. The first-order valence-corrected chi connectivity index (χ1v) is 7.99. The van der Waals surface area contributed by atoms with E-state index in [1.54, 1.807) is 0 Å². The van der Waals surface area contributed by atoms with Crippen LogP contribution in [-0.4, -0.2) is 48.1 Å². The predicted molar refractivity (Wildman–Crippen MR) is 90.2 cm³/mol. The number of rotatable bonds is 4. The van der Waals surface area contributed by atoms with E-state index < -0.39 is 0 Å². The zero-order valence-electron chi connectivity index (χ0n) is 13.4. The average Bonchev–Trinajstić information content (AvgIpc) is 2.56. The van der Waals surface area contributed by atoms with E-state index >= 15 is 0 Å². The quantitative estimate of drug-likeness (QED) is 0.868. The van der Waals surface area contributed by atoms with Crippen molar-refractivity contribution in [1.29, 1.82) is 0 Å². The van der Waals surface area contributed by atoms with Crippen LogP contribution in [0.3, 0.4) is 0 Å². The lowest BCUT2D eigenvalue weighted by molar-refractivity contribution is 0.257. The van der Waals surface area contributed by atoms with Gasteiger partial charge in [0.05, 0.1) is 0 Å². The van der Waals surface area contributed by atoms with Crippen LogP contribution in [0.2, 0.25) is 0 Å². The van der Waals surface area contributed by atoms with Crippen LogP contribution in [0.1, 0.15) is 24.2 Å². The fourth-order valence-corrected chi connectivity index (χ4v) is 3.01. The Labute approximate surface area is 132 Å². The van der Waals surface area contributed by atoms with E-state index in [0.717, 1.165) is 31.2 Å². The number of hydrogen-bond acceptors (Lipinski definition) is 4. The van der Waals surface area contributed by atoms with Crippen LogP contribution < -0.4 is 4.90 Å². The van der Waals surface area contributed by atoms with Crippen LogP contribution in [0.4, 0.5) is 5.82 Å². The van der Waals surface area contributed by atoms with Crippen molar-refractivity contribution in [2.45, 2.75) is 25.3 Å². The summed E-state index contributed by atoms with van der Waals surface area (Å²) in [4.78, 5) is 13.9. The predicted octanol–water partition coefficient (Wildman–Crippen LogP) is 2.60. The van der Waals surface area contributed by atoms with Gasteiger partial charge in [-0.15, -0.1) is 0 Å². The van der Waals surface area contributed by atoms with Crippen LogP contribution in [0.15, 0.2) is 42.6 Å². The van der Waals surface area contributed by atoms with Gasteiger partial charge in [0.2, 0.25) is 0 Å². The molecule has 0 bridgehead atoms. The summed E-state index contributed by atoms with van der Waals surface area (Å²) < 4.78 is 0. The summed E-state index contributed by atoms with van der Waals surface area (Å²) in [6, 6.07) is 13.1. The first-order chi connectivity index (χ1) is 10.7. The maximum atomic E-state index is 4.78. The molecule has 0 radical (unpaired) electrons. The minimum Gasteiger partial charge on any atom is -0.355 e. The molecule has 1 aliphatic rings. The van der Waals surface area contributed by atoms with E-state index in [1.807, 2.05) is 18.3 Å². The van der Waals surface area contributed by atoms with Gasteiger partial charge in [0.25, 0.3) is 0 Å². The van der Waals surface area contributed by atoms with Gasteiger partial charge in [-0.2, -0.15) is 0 Å². The van der Waals surface area contributed by atoms with Gasteiger partial charge in [-0.05, 0) is 38.6 Å². The first-order valence-electron chi connectivity index (χ1n) is 7.99. The number of nitrogens with zero attached hydrogens (tertiary/aromatic N) is 4. The Balaban J connectivity index is 1.73. The molecule has 3 rings (SSSR count). The summed E-state index contributed by atoms with van der Waals surface area (Å²) in [7, 11) is 4.32. The third-order valence-electron chi connectivity index (χ3n) is 4.35. The molecular weight excluding hydrogens is 272 g/mol. The summed E-state index contributed by atoms with van der Waals surface area (Å²) >= 11 is 0. The van der Waals surface area contributed by atoms with Gasteiger partial charge >= 0.3 is 0 Å². The lowest BCUT2D eigenvalue weighted by Crippen LogP contribution is -2.45. The highest BCUT2D eigenvalue weighted by Crippen LogP contribution is 2.20. The average molecular weight is 296 g/mol. The van der Waals surface area contributed by atoms with Crippen LogP contribution in [-0.2, 0) is 6.42 Å². The lowest BCUT2D eigenvalue weighted by Gasteiger charge is -2.36. The second-order valence-electron chi connectivity index (χ2n) is 6.20. The number of piperidine rings is 1. The molecule has 116 valence electrons. The molecule has 22 heavy (non-hydrogen) atoms. The molecule has 1 aromatic carbocycles. The van der Waals surface area contributed by atoms with E-state index in [-0.39, 0.29) is 0 Å². The number of aromatic nitrogens is 2. The fourth-order valence-electron chi connectivity index (χ4n) is 3.01. The molecule has 4 heteroatoms. The van der Waals surface area contributed by atoms with Gasteiger partial charge in [-0.25, -0.2) is 9.97 Å². The summed E-state index contributed by atoms with van der Waals surface area (Å²) in [5.41, 5.74) is 1.25. The van der Waals surface area contributed by atoms with Gasteiger partial charge in [0.1, 0.15) is 11.6 Å². The Bertz CT molecular complexity index is 597. The minimum absolute atomic E-state index is 0.612. The maximum Gasteiger partial charge on any atom is 0.135 e. The molecular formula is C18H24N4. The molecule has 0 N–H and O–H groups in total. The second-order valence-corrected chi connectivity index (χ2v) is 6.20. The third-order valence-corrected chi connectivity index (χ3v) is 4.35. The molecule has 2 heterocycles. The van der Waals surface area contributed by atoms with E-state index in [2.05, 4.69) is 53.1 Å². The molecule has 0 amide bonds. The number of hydrogen-bond donors (Lipinski definition) is 0. The summed E-state index contributed by atoms with van der Waals surface area (Å²) in [5, 5.41) is 0. The Morgan fingerprint density at radius 1 is 1.18 bits per heavy atom. The fraction of sp³-hybridized carbons (Fsp3) is 0.444. The van der Waals surface area contributed by atoms with Crippen molar-refractivity contribution < 1.29 is 0 Å². The Morgan fingerprint density at radius 3 is 2.77 bits per heavy atom. The summed E-state index contributed by atoms with van der Waals surface area (Å²) in [6.07, 6.45) is 5.17. The number of benzene rings is 1. The van der Waals surface area contributed by atoms with Crippen molar-refractivity contribution >= 4 is 5.82 Å². The van der Waals surface area contributed by atoms with E-state index in [9.17, 15) is 0 Å². The molecule has 1 aromatic heterocycles. The molecule has 1 saturated heterocycles. The monoisotopic (exact) mass is 296 g/mol. The van der Waals surface area contributed by atoms with Crippen LogP contribution >= 0.6 is 0 Å². The van der Waals surface area contributed by atoms with Gasteiger partial charge in [0.15, 0.2) is 0 Å². The molecule has 1 fully saturated rings. The molecule has 0 spiro atoms. The van der Waals surface area contributed by atoms with Crippen LogP contribution in [0.5, 0.6) is 0 Å². The highest BCUT2D eigenvalue weighted by atomic mass is 15.2. The van der Waals surface area contributed by atoms with E-state index in [4.69, 9.17) is 4.98 Å². The van der Waals surface area contributed by atoms with Crippen LogP contribution in [0.25, 0.3) is 0 Å². The minimum atomic E-state index is 0.612. The highest BCUT2D eigenvalue weighted by Gasteiger charge is 2.22. The Morgan fingerprint density at radius 2 is 2.00 bits per heavy atom. The molecule has 1 atom stereocenters. The topological polar surface area (TPSA) is 32.3 Å². The summed E-state index contributed by atoms with van der Waals surface area (Å²) in [6.45, 7) is 2.14. The second kappa shape index (κ2) is 6.88. The van der Waals surface area contributed by atoms with Crippen molar-refractivity contribution in [2.24, 2.45) is 0 Å². The maximum absolute atomic E-state index is 4.78. The van der Waals surface area contributed by atoms with Crippen molar-refractivity contribution in [3.8, 4) is 0 Å². The van der Waals surface area contributed by atoms with Crippen LogP contribution in [0, 0.1) is 0 Å². The number of anilines is 1. The number of likely N-dealkylation sites (N-methyl/N-ethyl adjacent to an activating group) is 1. The van der Waals surface area contributed by atoms with Crippen molar-refractivity contribution in [2.75, 3.05) is 32.1 Å². The molecule has 2 aromatic rings. The van der Waals surface area contributed by atoms with Crippen molar-refractivity contribution in [3.63, 3.8) is 0 Å². The first kappa shape index (κ1) is 15.0. The van der Waals surface area contributed by atoms with E-state index in [1.165, 1.54) is 18.4 Å². The summed E-state index contributed by atoms with van der Waals surface area (Å²) in [5.74, 6) is 1.96. The normalized spacial score (nSPS) is 18.7. The van der Waals surface area contributed by atoms with Gasteiger partial charge < -0.3 is 9.80 Å². The van der Waals surface area contributed by atoms with E-state index in [0.29, 0.717) is 6.04 Å². The zero-order valence-corrected chi connectivity index (χ0v) is 13.4. The van der Waals surface area contributed by atoms with Gasteiger partial charge in [-0.3, -0.25) is 0 Å². The largest absolute Gasteiger partial charge is 0.355 e. The van der Waals surface area contributed by atoms with Crippen molar-refractivity contribution in [1.82, 2.24) is 14.9 Å². The molecule has 1 aliphatic heterocycles. The third kappa shape index (κ3) is 3.63. The van der Waals surface area contributed by atoms with Gasteiger partial charge in [-0.1, -0.05) is 30.3 Å². The van der Waals surface area contributed by atoms with Crippen molar-refractivity contribution in [3.05, 3.63) is 54.0 Å². The molecule has 4 nitrogen and oxygen atoms in total. The lowest BCUT2D eigenvalue weighted by atomic mass is 10.1. The SMILES string of the molecule is CN(C)C1CCCN(c2ccnc(Cc3ccccc3)n2)C1. The van der Waals surface area contributed by atoms with Gasteiger partial charge in [0, 0.05) is 31.7 Å². The molecule has 0 aliphatic carbocycles. The Kier molecular flexibility index (Phi) is 4.68. The Hall–Kier alpha value is -1.94. The smallest absolute Gasteiger partial charge is 0.135 e. The zero-order chi connectivity index (χ0) is 15.4.